The van der Waals surface area contributed by atoms with Crippen LogP contribution in [0.15, 0.2) is 11.6 Å². The highest BCUT2D eigenvalue weighted by Gasteiger charge is 2.38. The zero-order valence-corrected chi connectivity index (χ0v) is 21.6. The van der Waals surface area contributed by atoms with Crippen molar-refractivity contribution in [2.24, 2.45) is 11.8 Å². The molecule has 4 atom stereocenters. The first-order valence-corrected chi connectivity index (χ1v) is 11.9. The summed E-state index contributed by atoms with van der Waals surface area (Å²) >= 11 is 37.0. The number of nitrogens with one attached hydrogen (secondary N) is 1. The van der Waals surface area contributed by atoms with Gasteiger partial charge >= 0.3 is 0 Å². The lowest BCUT2D eigenvalue weighted by molar-refractivity contribution is -0.140. The third kappa shape index (κ3) is 8.76. The summed E-state index contributed by atoms with van der Waals surface area (Å²) in [5.41, 5.74) is 0. The Kier molecular flexibility index (Phi) is 10.6. The highest BCUT2D eigenvalue weighted by Crippen LogP contribution is 2.39. The lowest BCUT2D eigenvalue weighted by Gasteiger charge is -2.33. The molecular formula is C17H23Cl6N3O2S. The molecule has 2 amide bonds. The average Bonchev–Trinajstić information content (AvgIpc) is 3.11. The van der Waals surface area contributed by atoms with Gasteiger partial charge < -0.3 is 10.2 Å². The van der Waals surface area contributed by atoms with Crippen molar-refractivity contribution in [3.05, 3.63) is 16.6 Å². The van der Waals surface area contributed by atoms with Crippen molar-refractivity contribution in [1.29, 1.82) is 0 Å². The van der Waals surface area contributed by atoms with Gasteiger partial charge in [-0.3, -0.25) is 9.59 Å². The Bertz CT molecular complexity index is 678. The minimum atomic E-state index is -1.60. The van der Waals surface area contributed by atoms with E-state index in [2.05, 4.69) is 10.3 Å². The molecule has 5 nitrogen and oxygen atoms in total. The van der Waals surface area contributed by atoms with Gasteiger partial charge in [-0.05, 0) is 13.3 Å². The molecule has 0 aromatic carbocycles. The van der Waals surface area contributed by atoms with Gasteiger partial charge in [0.05, 0.1) is 6.04 Å². The summed E-state index contributed by atoms with van der Waals surface area (Å²) in [6.07, 6.45) is 1.73. The van der Waals surface area contributed by atoms with Crippen molar-refractivity contribution in [2.45, 2.75) is 53.3 Å². The maximum absolute atomic E-state index is 13.0. The molecule has 1 heterocycles. The smallest absolute Gasteiger partial charge is 0.243 e. The second kappa shape index (κ2) is 11.3. The minimum absolute atomic E-state index is 0.0546. The lowest BCUT2D eigenvalue weighted by Crippen LogP contribution is -2.50. The third-order valence-corrected chi connectivity index (χ3v) is 7.71. The van der Waals surface area contributed by atoms with Crippen LogP contribution in [0.25, 0.3) is 0 Å². The SMILES string of the molecule is C[C@H](CC(=O)N(C)[C@@H](C[C@@H](C)C(Cl)(Cl)Cl)C(=O)N[C@H](C)c1nccs1)C(Cl)(Cl)Cl. The molecular weight excluding hydrogens is 523 g/mol. The molecule has 0 radical (unpaired) electrons. The number of likely N-dealkylation sites (N-methyl/N-ethyl adjacent to an activating group) is 1. The molecule has 0 fully saturated rings. The van der Waals surface area contributed by atoms with E-state index in [1.54, 1.807) is 27.0 Å². The van der Waals surface area contributed by atoms with E-state index >= 15 is 0 Å². The number of aromatic nitrogens is 1. The van der Waals surface area contributed by atoms with Gasteiger partial charge in [-0.2, -0.15) is 0 Å². The van der Waals surface area contributed by atoms with Crippen molar-refractivity contribution in [2.75, 3.05) is 7.05 Å². The van der Waals surface area contributed by atoms with Gasteiger partial charge in [0, 0.05) is 36.9 Å². The Labute approximate surface area is 205 Å². The fourth-order valence-electron chi connectivity index (χ4n) is 2.42. The van der Waals surface area contributed by atoms with Crippen LogP contribution in [0.4, 0.5) is 0 Å². The average molecular weight is 546 g/mol. The van der Waals surface area contributed by atoms with Crippen molar-refractivity contribution >= 4 is 92.8 Å². The molecule has 166 valence electrons. The van der Waals surface area contributed by atoms with E-state index in [1.165, 1.54) is 23.3 Å². The molecule has 12 heteroatoms. The highest BCUT2D eigenvalue weighted by molar-refractivity contribution is 7.09. The maximum atomic E-state index is 13.0. The van der Waals surface area contributed by atoms with Crippen LogP contribution in [0, 0.1) is 11.8 Å². The molecule has 1 N–H and O–H groups in total. The number of halogens is 6. The molecule has 0 saturated carbocycles. The number of amides is 2. The van der Waals surface area contributed by atoms with Crippen molar-refractivity contribution in [1.82, 2.24) is 15.2 Å². The van der Waals surface area contributed by atoms with Crippen molar-refractivity contribution in [3.63, 3.8) is 0 Å². The Morgan fingerprint density at radius 1 is 1.10 bits per heavy atom. The summed E-state index contributed by atoms with van der Waals surface area (Å²) in [5, 5.41) is 5.42. The summed E-state index contributed by atoms with van der Waals surface area (Å²) in [5.74, 6) is -1.79. The zero-order chi connectivity index (χ0) is 22.6. The summed E-state index contributed by atoms with van der Waals surface area (Å²) in [6, 6.07) is -1.21. The van der Waals surface area contributed by atoms with Crippen molar-refractivity contribution in [3.8, 4) is 0 Å². The van der Waals surface area contributed by atoms with Gasteiger partial charge in [-0.15, -0.1) is 11.3 Å². The van der Waals surface area contributed by atoms with Crippen LogP contribution in [-0.4, -0.2) is 42.4 Å². The monoisotopic (exact) mass is 543 g/mol. The molecule has 1 aromatic rings. The zero-order valence-electron chi connectivity index (χ0n) is 16.3. The Morgan fingerprint density at radius 3 is 2.10 bits per heavy atom. The predicted molar refractivity (Wildman–Crippen MR) is 123 cm³/mol. The van der Waals surface area contributed by atoms with Gasteiger partial charge in [0.2, 0.25) is 11.8 Å². The lowest BCUT2D eigenvalue weighted by atomic mass is 9.99. The number of rotatable bonds is 8. The van der Waals surface area contributed by atoms with E-state index in [1.807, 2.05) is 5.38 Å². The summed E-state index contributed by atoms with van der Waals surface area (Å²) < 4.78 is -3.19. The Balaban J connectivity index is 2.99. The van der Waals surface area contributed by atoms with Gasteiger partial charge in [0.1, 0.15) is 11.0 Å². The molecule has 1 aromatic heterocycles. The quantitative estimate of drug-likeness (QED) is 0.411. The number of hydrogen-bond donors (Lipinski definition) is 1. The van der Waals surface area contributed by atoms with Crippen LogP contribution in [-0.2, 0) is 9.59 Å². The molecule has 0 bridgehead atoms. The molecule has 0 saturated heterocycles. The highest BCUT2D eigenvalue weighted by atomic mass is 35.6. The second-order valence-corrected chi connectivity index (χ2v) is 12.6. The first-order chi connectivity index (χ1) is 13.1. The van der Waals surface area contributed by atoms with Crippen molar-refractivity contribution < 1.29 is 9.59 Å². The summed E-state index contributed by atoms with van der Waals surface area (Å²) in [7, 11) is 1.51. The minimum Gasteiger partial charge on any atom is -0.345 e. The number of nitrogens with zero attached hydrogens (tertiary/aromatic N) is 2. The fourth-order valence-corrected chi connectivity index (χ4v) is 3.57. The van der Waals surface area contributed by atoms with E-state index in [-0.39, 0.29) is 30.7 Å². The maximum Gasteiger partial charge on any atom is 0.243 e. The normalized spacial score (nSPS) is 16.6. The first kappa shape index (κ1) is 27.3. The van der Waals surface area contributed by atoms with Gasteiger partial charge in [0.25, 0.3) is 0 Å². The number of carbonyl (C=O) groups is 2. The van der Waals surface area contributed by atoms with Crippen LogP contribution >= 0.6 is 80.9 Å². The van der Waals surface area contributed by atoms with E-state index in [0.717, 1.165) is 5.01 Å². The molecule has 0 spiro atoms. The van der Waals surface area contributed by atoms with Crippen LogP contribution in [0.3, 0.4) is 0 Å². The molecule has 0 unspecified atom stereocenters. The fraction of sp³-hybridized carbons (Fsp3) is 0.706. The molecule has 0 aliphatic heterocycles. The van der Waals surface area contributed by atoms with E-state index in [9.17, 15) is 9.59 Å². The Morgan fingerprint density at radius 2 is 1.66 bits per heavy atom. The molecule has 29 heavy (non-hydrogen) atoms. The number of hydrogen-bond acceptors (Lipinski definition) is 4. The Hall–Kier alpha value is 0.310. The molecule has 0 aliphatic rings. The number of thiazole rings is 1. The van der Waals surface area contributed by atoms with Crippen LogP contribution in [0.1, 0.15) is 44.7 Å². The van der Waals surface area contributed by atoms with Crippen LogP contribution < -0.4 is 5.32 Å². The number of carbonyl (C=O) groups excluding carboxylic acids is 2. The van der Waals surface area contributed by atoms with E-state index in [0.29, 0.717) is 0 Å². The van der Waals surface area contributed by atoms with E-state index in [4.69, 9.17) is 69.6 Å². The van der Waals surface area contributed by atoms with E-state index < -0.39 is 25.5 Å². The summed E-state index contributed by atoms with van der Waals surface area (Å²) in [6.45, 7) is 5.14. The van der Waals surface area contributed by atoms with Gasteiger partial charge in [-0.25, -0.2) is 4.98 Å². The first-order valence-electron chi connectivity index (χ1n) is 8.73. The predicted octanol–water partition coefficient (Wildman–Crippen LogP) is 5.94. The largest absolute Gasteiger partial charge is 0.345 e. The van der Waals surface area contributed by atoms with Gasteiger partial charge in [-0.1, -0.05) is 83.5 Å². The molecule has 0 aliphatic carbocycles. The van der Waals surface area contributed by atoms with Crippen LogP contribution in [0.2, 0.25) is 0 Å². The topological polar surface area (TPSA) is 62.3 Å². The standard InChI is InChI=1S/C17H23Cl6N3O2S/c1-9(16(18,19)20)7-12(14(28)25-11(3)15-24-5-6-29-15)26(4)13(27)8-10(2)17(21,22)23/h5-6,9-12H,7-8H2,1-4H3,(H,25,28)/t9-,10-,11-,12+/m1/s1. The second-order valence-electron chi connectivity index (χ2n) is 6.95. The summed E-state index contributed by atoms with van der Waals surface area (Å²) in [4.78, 5) is 31.3. The van der Waals surface area contributed by atoms with Crippen LogP contribution in [0.5, 0.6) is 0 Å². The molecule has 1 rings (SSSR count). The van der Waals surface area contributed by atoms with Gasteiger partial charge in [0.15, 0.2) is 7.59 Å². The third-order valence-electron chi connectivity index (χ3n) is 4.52. The number of alkyl halides is 6.